The van der Waals surface area contributed by atoms with Crippen molar-refractivity contribution in [1.29, 1.82) is 0 Å². The highest BCUT2D eigenvalue weighted by atomic mass is 32.1. The number of rotatable bonds is 7. The first-order valence-corrected chi connectivity index (χ1v) is 9.96. The summed E-state index contributed by atoms with van der Waals surface area (Å²) in [5, 5.41) is 0.528. The highest BCUT2D eigenvalue weighted by Crippen LogP contribution is 2.36. The largest absolute Gasteiger partial charge is 0.497 e. The van der Waals surface area contributed by atoms with Crippen LogP contribution in [-0.2, 0) is 6.54 Å². The molecule has 4 aromatic rings. The average Bonchev–Trinajstić information content (AvgIpc) is 3.45. The number of fused-ring (bicyclic) bond motifs is 1. The molecule has 2 heterocycles. The van der Waals surface area contributed by atoms with Crippen molar-refractivity contribution in [3.8, 4) is 17.2 Å². The van der Waals surface area contributed by atoms with Crippen LogP contribution in [0.1, 0.15) is 16.1 Å². The number of nitrogens with zero attached hydrogens (tertiary/aromatic N) is 2. The smallest absolute Gasteiger partial charge is 0.264 e. The first kappa shape index (κ1) is 19.8. The molecule has 0 radical (unpaired) electrons. The Morgan fingerprint density at radius 1 is 1.03 bits per heavy atom. The van der Waals surface area contributed by atoms with E-state index in [4.69, 9.17) is 23.6 Å². The lowest BCUT2D eigenvalue weighted by molar-refractivity contribution is 0.0980. The van der Waals surface area contributed by atoms with Crippen LogP contribution >= 0.6 is 11.3 Å². The van der Waals surface area contributed by atoms with Crippen LogP contribution in [0.3, 0.4) is 0 Å². The Kier molecular flexibility index (Phi) is 5.58. The molecule has 0 aliphatic heterocycles. The Bertz CT molecular complexity index is 1170. The number of ether oxygens (including phenoxy) is 3. The third-order valence-electron chi connectivity index (χ3n) is 4.60. The van der Waals surface area contributed by atoms with Crippen LogP contribution in [0.2, 0.25) is 0 Å². The highest BCUT2D eigenvalue weighted by molar-refractivity contribution is 7.22. The zero-order valence-corrected chi connectivity index (χ0v) is 17.6. The van der Waals surface area contributed by atoms with Gasteiger partial charge in [-0.2, -0.15) is 0 Å². The number of thiazole rings is 1. The molecule has 154 valence electrons. The minimum absolute atomic E-state index is 0.217. The van der Waals surface area contributed by atoms with Crippen LogP contribution in [0, 0.1) is 0 Å². The van der Waals surface area contributed by atoms with Gasteiger partial charge in [0, 0.05) is 0 Å². The van der Waals surface area contributed by atoms with Crippen molar-refractivity contribution in [2.75, 3.05) is 26.2 Å². The third-order valence-corrected chi connectivity index (χ3v) is 5.64. The summed E-state index contributed by atoms with van der Waals surface area (Å²) in [6.07, 6.45) is 1.57. The number of hydrogen-bond donors (Lipinski definition) is 0. The van der Waals surface area contributed by atoms with Crippen LogP contribution in [0.5, 0.6) is 17.2 Å². The van der Waals surface area contributed by atoms with E-state index in [1.807, 2.05) is 24.3 Å². The van der Waals surface area contributed by atoms with Crippen molar-refractivity contribution < 1.29 is 23.4 Å². The molecule has 0 fully saturated rings. The SMILES string of the molecule is COc1ccc(OC)c(C(=O)N(Cc2ccco2)c2nc3c(OC)cccc3s2)c1. The summed E-state index contributed by atoms with van der Waals surface area (Å²) < 4.78 is 22.6. The Morgan fingerprint density at radius 2 is 1.87 bits per heavy atom. The molecule has 0 saturated carbocycles. The lowest BCUT2D eigenvalue weighted by Gasteiger charge is -2.20. The van der Waals surface area contributed by atoms with Gasteiger partial charge in [0.25, 0.3) is 5.91 Å². The van der Waals surface area contributed by atoms with Gasteiger partial charge in [-0.25, -0.2) is 4.98 Å². The van der Waals surface area contributed by atoms with E-state index in [0.717, 1.165) is 4.70 Å². The lowest BCUT2D eigenvalue weighted by Crippen LogP contribution is -2.30. The molecule has 30 heavy (non-hydrogen) atoms. The number of aromatic nitrogens is 1. The lowest BCUT2D eigenvalue weighted by atomic mass is 10.1. The second kappa shape index (κ2) is 8.46. The maximum absolute atomic E-state index is 13.6. The number of methoxy groups -OCH3 is 3. The van der Waals surface area contributed by atoms with Crippen molar-refractivity contribution >= 4 is 32.6 Å². The molecule has 0 unspecified atom stereocenters. The normalized spacial score (nSPS) is 10.8. The molecule has 1 amide bonds. The van der Waals surface area contributed by atoms with Crippen molar-refractivity contribution in [1.82, 2.24) is 4.98 Å². The predicted molar refractivity (Wildman–Crippen MR) is 115 cm³/mol. The molecule has 8 heteroatoms. The Hall–Kier alpha value is -3.52. The van der Waals surface area contributed by atoms with Gasteiger partial charge in [-0.15, -0.1) is 0 Å². The maximum atomic E-state index is 13.6. The van der Waals surface area contributed by atoms with Crippen LogP contribution < -0.4 is 19.1 Å². The first-order chi connectivity index (χ1) is 14.6. The molecule has 0 aliphatic carbocycles. The molecule has 0 spiro atoms. The number of carbonyl (C=O) groups excluding carboxylic acids is 1. The number of hydrogen-bond acceptors (Lipinski definition) is 7. The van der Waals surface area contributed by atoms with E-state index < -0.39 is 0 Å². The fraction of sp³-hybridized carbons (Fsp3) is 0.182. The summed E-state index contributed by atoms with van der Waals surface area (Å²) in [6.45, 7) is 0.217. The van der Waals surface area contributed by atoms with Crippen molar-refractivity contribution in [3.05, 3.63) is 66.1 Å². The summed E-state index contributed by atoms with van der Waals surface area (Å²) in [5.41, 5.74) is 1.07. The number of amides is 1. The number of anilines is 1. The van der Waals surface area contributed by atoms with Crippen molar-refractivity contribution in [2.45, 2.75) is 6.54 Å². The van der Waals surface area contributed by atoms with Gasteiger partial charge in [-0.1, -0.05) is 17.4 Å². The van der Waals surface area contributed by atoms with E-state index in [9.17, 15) is 4.79 Å². The van der Waals surface area contributed by atoms with Crippen molar-refractivity contribution in [2.24, 2.45) is 0 Å². The fourth-order valence-corrected chi connectivity index (χ4v) is 4.08. The van der Waals surface area contributed by atoms with E-state index >= 15 is 0 Å². The van der Waals surface area contributed by atoms with E-state index in [-0.39, 0.29) is 12.5 Å². The predicted octanol–water partition coefficient (Wildman–Crippen LogP) is 4.76. The maximum Gasteiger partial charge on any atom is 0.264 e. The van der Waals surface area contributed by atoms with Gasteiger partial charge in [0.05, 0.1) is 44.4 Å². The third kappa shape index (κ3) is 3.69. The molecule has 2 aromatic heterocycles. The van der Waals surface area contributed by atoms with Gasteiger partial charge in [-0.3, -0.25) is 9.69 Å². The molecule has 2 aromatic carbocycles. The van der Waals surface area contributed by atoms with E-state index in [0.29, 0.717) is 39.2 Å². The zero-order valence-electron chi connectivity index (χ0n) is 16.7. The van der Waals surface area contributed by atoms with Crippen LogP contribution in [-0.4, -0.2) is 32.2 Å². The molecular weight excluding hydrogens is 404 g/mol. The van der Waals surface area contributed by atoms with E-state index in [1.54, 1.807) is 49.6 Å². The topological polar surface area (TPSA) is 74.0 Å². The number of para-hydroxylation sites is 1. The van der Waals surface area contributed by atoms with Gasteiger partial charge >= 0.3 is 0 Å². The first-order valence-electron chi connectivity index (χ1n) is 9.14. The van der Waals surface area contributed by atoms with Crippen LogP contribution in [0.4, 0.5) is 5.13 Å². The van der Waals surface area contributed by atoms with Gasteiger partial charge in [-0.05, 0) is 42.5 Å². The minimum atomic E-state index is -0.278. The van der Waals surface area contributed by atoms with Crippen LogP contribution in [0.15, 0.2) is 59.2 Å². The summed E-state index contributed by atoms with van der Waals surface area (Å²) in [6, 6.07) is 14.4. The van der Waals surface area contributed by atoms with E-state index in [2.05, 4.69) is 0 Å². The van der Waals surface area contributed by atoms with Gasteiger partial charge < -0.3 is 18.6 Å². The second-order valence-electron chi connectivity index (χ2n) is 6.34. The molecule has 0 bridgehead atoms. The van der Waals surface area contributed by atoms with Crippen LogP contribution in [0.25, 0.3) is 10.2 Å². The monoisotopic (exact) mass is 424 g/mol. The summed E-state index contributed by atoms with van der Waals surface area (Å²) in [7, 11) is 4.68. The van der Waals surface area contributed by atoms with Gasteiger partial charge in [0.1, 0.15) is 28.5 Å². The molecular formula is C22H20N2O5S. The quantitative estimate of drug-likeness (QED) is 0.426. The molecule has 0 aliphatic rings. The standard InChI is InChI=1S/C22H20N2O5S/c1-26-14-9-10-17(27-2)16(12-14)21(25)24(13-15-6-5-11-29-15)22-23-20-18(28-3)7-4-8-19(20)30-22/h4-12H,13H2,1-3H3. The van der Waals surface area contributed by atoms with Crippen molar-refractivity contribution in [3.63, 3.8) is 0 Å². The van der Waals surface area contributed by atoms with E-state index in [1.165, 1.54) is 18.4 Å². The summed E-state index contributed by atoms with van der Waals surface area (Å²) >= 11 is 1.40. The number of carbonyl (C=O) groups is 1. The fourth-order valence-electron chi connectivity index (χ4n) is 3.10. The molecule has 0 atom stereocenters. The molecule has 0 saturated heterocycles. The highest BCUT2D eigenvalue weighted by Gasteiger charge is 2.26. The second-order valence-corrected chi connectivity index (χ2v) is 7.35. The zero-order chi connectivity index (χ0) is 21.1. The van der Waals surface area contributed by atoms with Gasteiger partial charge in [0.2, 0.25) is 0 Å². The summed E-state index contributed by atoms with van der Waals surface area (Å²) in [5.74, 6) is 2.02. The Morgan fingerprint density at radius 3 is 2.57 bits per heavy atom. The Labute approximate surface area is 177 Å². The average molecular weight is 424 g/mol. The van der Waals surface area contributed by atoms with Gasteiger partial charge in [0.15, 0.2) is 5.13 Å². The number of benzene rings is 2. The molecule has 0 N–H and O–H groups in total. The minimum Gasteiger partial charge on any atom is -0.497 e. The molecule has 7 nitrogen and oxygen atoms in total. The summed E-state index contributed by atoms with van der Waals surface area (Å²) in [4.78, 5) is 19.9. The Balaban J connectivity index is 1.82. The molecule has 4 rings (SSSR count). The number of furan rings is 1.